The number of fused-ring (bicyclic) bond motifs is 1. The van der Waals surface area contributed by atoms with E-state index in [1.165, 1.54) is 11.8 Å². The Morgan fingerprint density at radius 3 is 2.76 bits per heavy atom. The molecule has 0 unspecified atom stereocenters. The number of anilines is 1. The number of esters is 1. The van der Waals surface area contributed by atoms with Crippen molar-refractivity contribution in [1.29, 1.82) is 0 Å². The molecule has 0 atom stereocenters. The standard InChI is InChI=1S/C17H14ClNO4S2/c18-15-6-5-14(25-15)12(20)9-23-17(22)7-8-19-11-3-1-2-4-13(11)24-10-16(19)21/h1-6H,7-10H2. The molecule has 0 bridgehead atoms. The molecule has 0 spiro atoms. The topological polar surface area (TPSA) is 63.7 Å². The fourth-order valence-electron chi connectivity index (χ4n) is 2.36. The first kappa shape index (κ1) is 18.0. The van der Waals surface area contributed by atoms with Crippen molar-refractivity contribution in [3.63, 3.8) is 0 Å². The maximum absolute atomic E-state index is 12.1. The van der Waals surface area contributed by atoms with E-state index in [9.17, 15) is 14.4 Å². The third-order valence-corrected chi connectivity index (χ3v) is 5.88. The zero-order valence-electron chi connectivity index (χ0n) is 13.1. The Labute approximate surface area is 157 Å². The van der Waals surface area contributed by atoms with Crippen molar-refractivity contribution in [2.45, 2.75) is 11.3 Å². The summed E-state index contributed by atoms with van der Waals surface area (Å²) in [5.41, 5.74) is 0.806. The highest BCUT2D eigenvalue weighted by Gasteiger charge is 2.25. The van der Waals surface area contributed by atoms with Gasteiger partial charge in [-0.25, -0.2) is 0 Å². The van der Waals surface area contributed by atoms with Crippen molar-refractivity contribution in [1.82, 2.24) is 0 Å². The van der Waals surface area contributed by atoms with Crippen LogP contribution in [0.4, 0.5) is 5.69 Å². The molecular weight excluding hydrogens is 382 g/mol. The van der Waals surface area contributed by atoms with E-state index in [1.807, 2.05) is 24.3 Å². The molecule has 2 heterocycles. The molecule has 0 saturated heterocycles. The van der Waals surface area contributed by atoms with E-state index in [0.29, 0.717) is 15.0 Å². The second-order valence-corrected chi connectivity index (χ2v) is 7.97. The summed E-state index contributed by atoms with van der Waals surface area (Å²) in [4.78, 5) is 39.0. The lowest BCUT2D eigenvalue weighted by Crippen LogP contribution is -2.37. The molecule has 1 aromatic heterocycles. The van der Waals surface area contributed by atoms with Crippen LogP contribution in [0.5, 0.6) is 0 Å². The lowest BCUT2D eigenvalue weighted by Gasteiger charge is -2.28. The van der Waals surface area contributed by atoms with E-state index in [1.54, 1.807) is 17.0 Å². The van der Waals surface area contributed by atoms with Crippen LogP contribution >= 0.6 is 34.7 Å². The molecule has 3 rings (SSSR count). The van der Waals surface area contributed by atoms with Crippen LogP contribution in [-0.2, 0) is 14.3 Å². The van der Waals surface area contributed by atoms with Gasteiger partial charge in [-0.3, -0.25) is 14.4 Å². The van der Waals surface area contributed by atoms with Gasteiger partial charge < -0.3 is 9.64 Å². The van der Waals surface area contributed by atoms with Crippen molar-refractivity contribution in [3.8, 4) is 0 Å². The van der Waals surface area contributed by atoms with Crippen molar-refractivity contribution in [2.24, 2.45) is 0 Å². The SMILES string of the molecule is O=C(CCN1C(=O)CSc2ccccc21)OCC(=O)c1ccc(Cl)s1. The highest BCUT2D eigenvalue weighted by molar-refractivity contribution is 8.00. The Hall–Kier alpha value is -1.83. The highest BCUT2D eigenvalue weighted by atomic mass is 35.5. The Morgan fingerprint density at radius 2 is 2.00 bits per heavy atom. The number of nitrogens with zero attached hydrogens (tertiary/aromatic N) is 1. The van der Waals surface area contributed by atoms with Gasteiger partial charge in [0.1, 0.15) is 0 Å². The van der Waals surface area contributed by atoms with E-state index in [-0.39, 0.29) is 31.3 Å². The summed E-state index contributed by atoms with van der Waals surface area (Å²) in [7, 11) is 0. The van der Waals surface area contributed by atoms with Gasteiger partial charge in [-0.15, -0.1) is 23.1 Å². The molecular formula is C17H14ClNO4S2. The molecule has 0 saturated carbocycles. The van der Waals surface area contributed by atoms with Crippen LogP contribution in [0.15, 0.2) is 41.3 Å². The maximum atomic E-state index is 12.1. The summed E-state index contributed by atoms with van der Waals surface area (Å²) in [5.74, 6) is -0.495. The molecule has 1 aliphatic rings. The zero-order valence-corrected chi connectivity index (χ0v) is 15.5. The fraction of sp³-hybridized carbons (Fsp3) is 0.235. The number of Topliss-reactive ketones (excluding diaryl/α,β-unsaturated/α-hetero) is 1. The number of amides is 1. The second kappa shape index (κ2) is 8.03. The molecule has 1 amide bonds. The largest absolute Gasteiger partial charge is 0.457 e. The number of thiophene rings is 1. The van der Waals surface area contributed by atoms with Crippen LogP contribution in [0, 0.1) is 0 Å². The first-order valence-corrected chi connectivity index (χ1v) is 9.69. The molecule has 130 valence electrons. The minimum Gasteiger partial charge on any atom is -0.457 e. The lowest BCUT2D eigenvalue weighted by atomic mass is 10.2. The van der Waals surface area contributed by atoms with Crippen LogP contribution in [0.1, 0.15) is 16.1 Å². The molecule has 0 N–H and O–H groups in total. The quantitative estimate of drug-likeness (QED) is 0.551. The Kier molecular flexibility index (Phi) is 5.78. The summed E-state index contributed by atoms with van der Waals surface area (Å²) in [5, 5.41) is 0. The number of hydrogen-bond donors (Lipinski definition) is 0. The van der Waals surface area contributed by atoms with Crippen LogP contribution in [0.2, 0.25) is 4.34 Å². The van der Waals surface area contributed by atoms with Crippen molar-refractivity contribution >= 4 is 58.0 Å². The van der Waals surface area contributed by atoms with Crippen molar-refractivity contribution in [2.75, 3.05) is 23.8 Å². The fourth-order valence-corrected chi connectivity index (χ4v) is 4.26. The van der Waals surface area contributed by atoms with Gasteiger partial charge in [0.2, 0.25) is 11.7 Å². The zero-order chi connectivity index (χ0) is 17.8. The minimum absolute atomic E-state index is 0.0310. The van der Waals surface area contributed by atoms with Gasteiger partial charge >= 0.3 is 5.97 Å². The molecule has 0 radical (unpaired) electrons. The second-order valence-electron chi connectivity index (χ2n) is 5.24. The van der Waals surface area contributed by atoms with Gasteiger partial charge in [-0.05, 0) is 24.3 Å². The molecule has 25 heavy (non-hydrogen) atoms. The molecule has 8 heteroatoms. The summed E-state index contributed by atoms with van der Waals surface area (Å²) in [6, 6.07) is 10.8. The van der Waals surface area contributed by atoms with Gasteiger partial charge in [-0.1, -0.05) is 23.7 Å². The molecule has 0 aliphatic carbocycles. The number of benzene rings is 1. The van der Waals surface area contributed by atoms with Gasteiger partial charge in [0, 0.05) is 11.4 Å². The normalized spacial score (nSPS) is 13.5. The molecule has 1 aliphatic heterocycles. The van der Waals surface area contributed by atoms with Gasteiger partial charge in [0.25, 0.3) is 0 Å². The monoisotopic (exact) mass is 395 g/mol. The molecule has 0 fully saturated rings. The van der Waals surface area contributed by atoms with Crippen molar-refractivity contribution in [3.05, 3.63) is 45.6 Å². The third-order valence-electron chi connectivity index (χ3n) is 3.56. The number of ether oxygens (including phenoxy) is 1. The van der Waals surface area contributed by atoms with Gasteiger partial charge in [0.05, 0.1) is 27.1 Å². The van der Waals surface area contributed by atoms with E-state index in [0.717, 1.165) is 21.9 Å². The van der Waals surface area contributed by atoms with Gasteiger partial charge in [-0.2, -0.15) is 0 Å². The molecule has 2 aromatic rings. The first-order valence-electron chi connectivity index (χ1n) is 7.51. The number of carbonyl (C=O) groups is 3. The molecule has 5 nitrogen and oxygen atoms in total. The number of para-hydroxylation sites is 1. The van der Waals surface area contributed by atoms with Crippen LogP contribution in [0.3, 0.4) is 0 Å². The summed E-state index contributed by atoms with van der Waals surface area (Å²) in [6.07, 6.45) is 0.0310. The Bertz CT molecular complexity index is 820. The maximum Gasteiger partial charge on any atom is 0.308 e. The molecule has 1 aromatic carbocycles. The van der Waals surface area contributed by atoms with Gasteiger partial charge in [0.15, 0.2) is 6.61 Å². The van der Waals surface area contributed by atoms with Crippen LogP contribution < -0.4 is 4.90 Å². The van der Waals surface area contributed by atoms with E-state index in [4.69, 9.17) is 16.3 Å². The first-order chi connectivity index (χ1) is 12.0. The third kappa shape index (κ3) is 4.42. The van der Waals surface area contributed by atoms with E-state index < -0.39 is 5.97 Å². The summed E-state index contributed by atoms with van der Waals surface area (Å²) >= 11 is 8.41. The number of carbonyl (C=O) groups excluding carboxylic acids is 3. The predicted molar refractivity (Wildman–Crippen MR) is 98.8 cm³/mol. The number of rotatable bonds is 6. The van der Waals surface area contributed by atoms with Crippen LogP contribution in [-0.4, -0.2) is 36.6 Å². The minimum atomic E-state index is -0.514. The Morgan fingerprint density at radius 1 is 1.20 bits per heavy atom. The predicted octanol–water partition coefficient (Wildman–Crippen LogP) is 3.66. The average molecular weight is 396 g/mol. The van der Waals surface area contributed by atoms with E-state index in [2.05, 4.69) is 0 Å². The van der Waals surface area contributed by atoms with Crippen molar-refractivity contribution < 1.29 is 19.1 Å². The summed E-state index contributed by atoms with van der Waals surface area (Å²) < 4.78 is 5.52. The summed E-state index contributed by atoms with van der Waals surface area (Å²) in [6.45, 7) is -0.0929. The smallest absolute Gasteiger partial charge is 0.308 e. The van der Waals surface area contributed by atoms with Crippen LogP contribution in [0.25, 0.3) is 0 Å². The average Bonchev–Trinajstić information content (AvgIpc) is 3.05. The lowest BCUT2D eigenvalue weighted by molar-refractivity contribution is -0.142. The van der Waals surface area contributed by atoms with E-state index >= 15 is 0 Å². The Balaban J connectivity index is 1.52. The number of ketones is 1. The number of thioether (sulfide) groups is 1. The number of hydrogen-bond acceptors (Lipinski definition) is 6. The highest BCUT2D eigenvalue weighted by Crippen LogP contribution is 2.34. The number of halogens is 1.